The van der Waals surface area contributed by atoms with Crippen molar-refractivity contribution in [3.63, 3.8) is 0 Å². The Balaban J connectivity index is 1.99. The maximum atomic E-state index is 12.6. The van der Waals surface area contributed by atoms with Gasteiger partial charge >= 0.3 is 0 Å². The van der Waals surface area contributed by atoms with E-state index in [2.05, 4.69) is 10.6 Å². The predicted molar refractivity (Wildman–Crippen MR) is 90.3 cm³/mol. The van der Waals surface area contributed by atoms with Gasteiger partial charge in [-0.3, -0.25) is 9.59 Å². The highest BCUT2D eigenvalue weighted by atomic mass is 16.5. The monoisotopic (exact) mass is 318 g/mol. The summed E-state index contributed by atoms with van der Waals surface area (Å²) < 4.78 is 5.49. The van der Waals surface area contributed by atoms with Gasteiger partial charge in [-0.1, -0.05) is 18.2 Å². The predicted octanol–water partition coefficient (Wildman–Crippen LogP) is 2.56. The van der Waals surface area contributed by atoms with Crippen LogP contribution in [0.1, 0.15) is 37.8 Å². The van der Waals surface area contributed by atoms with Gasteiger partial charge in [0.15, 0.2) is 0 Å². The second kappa shape index (κ2) is 7.13. The van der Waals surface area contributed by atoms with Crippen LogP contribution in [0.25, 0.3) is 0 Å². The van der Waals surface area contributed by atoms with Gasteiger partial charge < -0.3 is 15.4 Å². The van der Waals surface area contributed by atoms with Crippen LogP contribution in [0.5, 0.6) is 0 Å². The molecule has 0 spiro atoms. The minimum atomic E-state index is -1.15. The van der Waals surface area contributed by atoms with Crippen molar-refractivity contribution in [2.75, 3.05) is 18.5 Å². The molecule has 0 aliphatic carbocycles. The molecule has 2 rings (SSSR count). The molecule has 0 bridgehead atoms. The molecule has 2 N–H and O–H groups in total. The second-order valence-corrected chi connectivity index (χ2v) is 6.69. The van der Waals surface area contributed by atoms with Gasteiger partial charge in [0.05, 0.1) is 6.10 Å². The number of rotatable bonds is 5. The normalized spacial score (nSPS) is 17.8. The Morgan fingerprint density at radius 2 is 1.87 bits per heavy atom. The second-order valence-electron chi connectivity index (χ2n) is 6.69. The van der Waals surface area contributed by atoms with Crippen molar-refractivity contribution in [1.82, 2.24) is 5.32 Å². The maximum absolute atomic E-state index is 12.6. The Bertz CT molecular complexity index is 570. The van der Waals surface area contributed by atoms with E-state index < -0.39 is 5.41 Å². The zero-order valence-electron chi connectivity index (χ0n) is 14.4. The highest BCUT2D eigenvalue weighted by Gasteiger charge is 2.36. The minimum Gasteiger partial charge on any atom is -0.376 e. The molecule has 5 nitrogen and oxygen atoms in total. The van der Waals surface area contributed by atoms with E-state index in [4.69, 9.17) is 4.74 Å². The number of nitrogens with one attached hydrogen (secondary N) is 2. The summed E-state index contributed by atoms with van der Waals surface area (Å²) in [5.41, 5.74) is 1.59. The average molecular weight is 318 g/mol. The molecule has 0 aromatic heterocycles. The lowest BCUT2D eigenvalue weighted by Gasteiger charge is -2.24. The van der Waals surface area contributed by atoms with Crippen molar-refractivity contribution in [2.45, 2.75) is 46.6 Å². The highest BCUT2D eigenvalue weighted by Crippen LogP contribution is 2.24. The quantitative estimate of drug-likeness (QED) is 0.820. The molecule has 2 amide bonds. The Labute approximate surface area is 137 Å². The fourth-order valence-corrected chi connectivity index (χ4v) is 2.62. The fourth-order valence-electron chi connectivity index (χ4n) is 2.62. The Morgan fingerprint density at radius 3 is 2.43 bits per heavy atom. The van der Waals surface area contributed by atoms with Gasteiger partial charge in [0.1, 0.15) is 5.41 Å². The molecule has 1 aliphatic heterocycles. The number of amides is 2. The lowest BCUT2D eigenvalue weighted by molar-refractivity contribution is -0.138. The molecular formula is C18H26N2O3. The average Bonchev–Trinajstić information content (AvgIpc) is 3.01. The summed E-state index contributed by atoms with van der Waals surface area (Å²) in [5, 5.41) is 5.73. The van der Waals surface area contributed by atoms with Crippen LogP contribution in [0, 0.1) is 19.3 Å². The molecule has 1 unspecified atom stereocenters. The largest absolute Gasteiger partial charge is 0.376 e. The van der Waals surface area contributed by atoms with Crippen molar-refractivity contribution < 1.29 is 14.3 Å². The van der Waals surface area contributed by atoms with Crippen LogP contribution in [0.2, 0.25) is 0 Å². The number of ether oxygens (including phenoxy) is 1. The molecule has 23 heavy (non-hydrogen) atoms. The fraction of sp³-hybridized carbons (Fsp3) is 0.556. The molecule has 126 valence electrons. The third-order valence-electron chi connectivity index (χ3n) is 4.37. The summed E-state index contributed by atoms with van der Waals surface area (Å²) in [6, 6.07) is 5.82. The van der Waals surface area contributed by atoms with Gasteiger partial charge in [0, 0.05) is 18.8 Å². The Kier molecular flexibility index (Phi) is 5.42. The lowest BCUT2D eigenvalue weighted by Crippen LogP contribution is -2.47. The summed E-state index contributed by atoms with van der Waals surface area (Å²) in [7, 11) is 0. The molecule has 1 aromatic carbocycles. The molecule has 1 fully saturated rings. The topological polar surface area (TPSA) is 67.4 Å². The molecule has 1 atom stereocenters. The number of carbonyl (C=O) groups is 2. The molecule has 1 saturated heterocycles. The van der Waals surface area contributed by atoms with Crippen molar-refractivity contribution in [3.05, 3.63) is 29.3 Å². The number of hydrogen-bond acceptors (Lipinski definition) is 3. The van der Waals surface area contributed by atoms with Crippen molar-refractivity contribution in [2.24, 2.45) is 5.41 Å². The van der Waals surface area contributed by atoms with Gasteiger partial charge in [0.2, 0.25) is 11.8 Å². The van der Waals surface area contributed by atoms with Crippen molar-refractivity contribution in [1.29, 1.82) is 0 Å². The van der Waals surface area contributed by atoms with E-state index in [1.165, 1.54) is 0 Å². The van der Waals surface area contributed by atoms with Crippen LogP contribution < -0.4 is 10.6 Å². The summed E-state index contributed by atoms with van der Waals surface area (Å²) >= 11 is 0. The van der Waals surface area contributed by atoms with E-state index in [9.17, 15) is 9.59 Å². The van der Waals surface area contributed by atoms with E-state index in [0.717, 1.165) is 36.3 Å². The van der Waals surface area contributed by atoms with Crippen LogP contribution in [-0.4, -0.2) is 31.1 Å². The van der Waals surface area contributed by atoms with Gasteiger partial charge in [-0.15, -0.1) is 0 Å². The standard InChI is InChI=1S/C18H26N2O3/c1-12-7-5-8-13(2)15(12)20-17(22)18(3,4)16(21)19-11-14-9-6-10-23-14/h5,7-8,14H,6,9-11H2,1-4H3,(H,19,21)(H,20,22). The number of aryl methyl sites for hydroxylation is 2. The molecule has 1 heterocycles. The van der Waals surface area contributed by atoms with Crippen molar-refractivity contribution >= 4 is 17.5 Å². The van der Waals surface area contributed by atoms with Gasteiger partial charge in [0.25, 0.3) is 0 Å². The third kappa shape index (κ3) is 4.10. The first-order valence-electron chi connectivity index (χ1n) is 8.10. The Hall–Kier alpha value is -1.88. The van der Waals surface area contributed by atoms with Gasteiger partial charge in [-0.25, -0.2) is 0 Å². The summed E-state index contributed by atoms with van der Waals surface area (Å²) in [6.45, 7) is 8.36. The zero-order valence-corrected chi connectivity index (χ0v) is 14.4. The molecule has 1 aliphatic rings. The van der Waals surface area contributed by atoms with E-state index in [-0.39, 0.29) is 17.9 Å². The molecule has 0 saturated carbocycles. The SMILES string of the molecule is Cc1cccc(C)c1NC(=O)C(C)(C)C(=O)NCC1CCCO1. The lowest BCUT2D eigenvalue weighted by atomic mass is 9.90. The Morgan fingerprint density at radius 1 is 1.22 bits per heavy atom. The van der Waals surface area contributed by atoms with E-state index in [1.807, 2.05) is 32.0 Å². The van der Waals surface area contributed by atoms with Crippen molar-refractivity contribution in [3.8, 4) is 0 Å². The van der Waals surface area contributed by atoms with Gasteiger partial charge in [-0.05, 0) is 51.7 Å². The van der Waals surface area contributed by atoms with E-state index in [0.29, 0.717) is 6.54 Å². The van der Waals surface area contributed by atoms with Crippen LogP contribution in [0.15, 0.2) is 18.2 Å². The van der Waals surface area contributed by atoms with Crippen LogP contribution >= 0.6 is 0 Å². The van der Waals surface area contributed by atoms with E-state index >= 15 is 0 Å². The molecule has 1 aromatic rings. The van der Waals surface area contributed by atoms with E-state index in [1.54, 1.807) is 13.8 Å². The number of anilines is 1. The number of carbonyl (C=O) groups excluding carboxylic acids is 2. The molecule has 0 radical (unpaired) electrons. The molecule has 5 heteroatoms. The summed E-state index contributed by atoms with van der Waals surface area (Å²) in [4.78, 5) is 25.0. The molecular weight excluding hydrogens is 292 g/mol. The van der Waals surface area contributed by atoms with Crippen LogP contribution in [0.3, 0.4) is 0 Å². The van der Waals surface area contributed by atoms with Crippen LogP contribution in [-0.2, 0) is 14.3 Å². The zero-order chi connectivity index (χ0) is 17.0. The number of hydrogen-bond donors (Lipinski definition) is 2. The smallest absolute Gasteiger partial charge is 0.239 e. The summed E-state index contributed by atoms with van der Waals surface area (Å²) in [6.07, 6.45) is 2.04. The van der Waals surface area contributed by atoms with Gasteiger partial charge in [-0.2, -0.15) is 0 Å². The maximum Gasteiger partial charge on any atom is 0.239 e. The first-order chi connectivity index (χ1) is 10.8. The number of para-hydroxylation sites is 1. The third-order valence-corrected chi connectivity index (χ3v) is 4.37. The summed E-state index contributed by atoms with van der Waals surface area (Å²) in [5.74, 6) is -0.587. The first kappa shape index (κ1) is 17.5. The van der Waals surface area contributed by atoms with Crippen LogP contribution in [0.4, 0.5) is 5.69 Å². The highest BCUT2D eigenvalue weighted by molar-refractivity contribution is 6.10. The first-order valence-corrected chi connectivity index (χ1v) is 8.10. The number of benzene rings is 1. The minimum absolute atomic E-state index is 0.0661.